The van der Waals surface area contributed by atoms with Crippen LogP contribution in [0.25, 0.3) is 10.9 Å². The Morgan fingerprint density at radius 1 is 1.07 bits per heavy atom. The molecule has 0 aliphatic carbocycles. The van der Waals surface area contributed by atoms with Crippen LogP contribution in [0.1, 0.15) is 47.8 Å². The normalized spacial score (nSPS) is 14.3. The first kappa shape index (κ1) is 20.8. The summed E-state index contributed by atoms with van der Waals surface area (Å²) in [4.78, 5) is 15.4. The number of aromatic nitrogens is 1. The molecule has 1 amide bonds. The molecule has 0 saturated carbocycles. The van der Waals surface area contributed by atoms with Crippen molar-refractivity contribution in [1.29, 1.82) is 0 Å². The Bertz CT molecular complexity index is 1030. The van der Waals surface area contributed by atoms with Gasteiger partial charge < -0.3 is 14.8 Å². The summed E-state index contributed by atoms with van der Waals surface area (Å²) >= 11 is 6.19. The van der Waals surface area contributed by atoms with Crippen LogP contribution in [0.3, 0.4) is 0 Å². The predicted molar refractivity (Wildman–Crippen MR) is 126 cm³/mol. The van der Waals surface area contributed by atoms with Gasteiger partial charge >= 0.3 is 0 Å². The van der Waals surface area contributed by atoms with E-state index in [2.05, 4.69) is 41.4 Å². The lowest BCUT2D eigenvalue weighted by atomic mass is 10.1. The molecule has 0 atom stereocenters. The molecule has 4 rings (SSSR count). The lowest BCUT2D eigenvalue weighted by Gasteiger charge is -2.28. The third kappa shape index (κ3) is 4.20. The highest BCUT2D eigenvalue weighted by Crippen LogP contribution is 2.28. The summed E-state index contributed by atoms with van der Waals surface area (Å²) in [6.45, 7) is 5.01. The molecule has 30 heavy (non-hydrogen) atoms. The van der Waals surface area contributed by atoms with Gasteiger partial charge in [-0.25, -0.2) is 0 Å². The van der Waals surface area contributed by atoms with E-state index < -0.39 is 0 Å². The number of amides is 1. The molecule has 1 N–H and O–H groups in total. The largest absolute Gasteiger partial charge is 0.372 e. The molecular weight excluding hydrogens is 394 g/mol. The number of carbonyl (C=O) groups is 1. The van der Waals surface area contributed by atoms with E-state index in [0.29, 0.717) is 11.6 Å². The number of nitrogens with one attached hydrogen (secondary N) is 1. The SMILES string of the molecule is CCc1c(C(=O)NCCc2ccc(N3CCCCC3)cc2)n(C)c2ccc(Cl)cc12. The molecule has 4 nitrogen and oxygen atoms in total. The third-order valence-electron chi connectivity index (χ3n) is 6.19. The molecule has 5 heteroatoms. The lowest BCUT2D eigenvalue weighted by molar-refractivity contribution is 0.0945. The standard InChI is InChI=1S/C25H30ClN3O/c1-3-21-22-17-19(26)9-12-23(22)28(2)24(21)25(30)27-14-13-18-7-10-20(11-8-18)29-15-5-4-6-16-29/h7-12,17H,3-6,13-16H2,1-2H3,(H,27,30). The van der Waals surface area contributed by atoms with E-state index >= 15 is 0 Å². The van der Waals surface area contributed by atoms with E-state index in [1.165, 1.54) is 30.5 Å². The molecule has 0 radical (unpaired) electrons. The zero-order valence-corrected chi connectivity index (χ0v) is 18.6. The van der Waals surface area contributed by atoms with Crippen LogP contribution < -0.4 is 10.2 Å². The predicted octanol–water partition coefficient (Wildman–Crippen LogP) is 5.36. The monoisotopic (exact) mass is 423 g/mol. The maximum atomic E-state index is 13.0. The molecule has 1 fully saturated rings. The van der Waals surface area contributed by atoms with E-state index in [4.69, 9.17) is 11.6 Å². The minimum atomic E-state index is -0.0217. The first-order valence-electron chi connectivity index (χ1n) is 11.0. The number of anilines is 1. The van der Waals surface area contributed by atoms with Crippen LogP contribution in [0, 0.1) is 0 Å². The van der Waals surface area contributed by atoms with Crippen molar-refractivity contribution in [3.8, 4) is 0 Å². The fraction of sp³-hybridized carbons (Fsp3) is 0.400. The highest BCUT2D eigenvalue weighted by atomic mass is 35.5. The molecule has 2 aromatic carbocycles. The molecule has 3 aromatic rings. The topological polar surface area (TPSA) is 37.3 Å². The van der Waals surface area contributed by atoms with Crippen molar-refractivity contribution in [3.63, 3.8) is 0 Å². The highest BCUT2D eigenvalue weighted by Gasteiger charge is 2.20. The Hall–Kier alpha value is -2.46. The number of fused-ring (bicyclic) bond motifs is 1. The summed E-state index contributed by atoms with van der Waals surface area (Å²) in [6.07, 6.45) is 5.53. The number of halogens is 1. The number of hydrogen-bond donors (Lipinski definition) is 1. The molecule has 0 bridgehead atoms. The minimum Gasteiger partial charge on any atom is -0.372 e. The van der Waals surface area contributed by atoms with Gasteiger partial charge in [-0.1, -0.05) is 30.7 Å². The molecule has 0 spiro atoms. The maximum absolute atomic E-state index is 13.0. The number of piperidine rings is 1. The molecule has 158 valence electrons. The van der Waals surface area contributed by atoms with Crippen molar-refractivity contribution >= 4 is 34.1 Å². The number of aryl methyl sites for hydroxylation is 2. The number of rotatable bonds is 6. The summed E-state index contributed by atoms with van der Waals surface area (Å²) < 4.78 is 1.98. The summed E-state index contributed by atoms with van der Waals surface area (Å²) in [7, 11) is 1.95. The van der Waals surface area contributed by atoms with E-state index in [-0.39, 0.29) is 5.91 Å². The van der Waals surface area contributed by atoms with Crippen LogP contribution in [0.2, 0.25) is 5.02 Å². The Labute approximate surface area is 183 Å². The Morgan fingerprint density at radius 2 is 1.80 bits per heavy atom. The van der Waals surface area contributed by atoms with Crippen LogP contribution in [0.15, 0.2) is 42.5 Å². The second-order valence-electron chi connectivity index (χ2n) is 8.12. The van der Waals surface area contributed by atoms with Crippen molar-refractivity contribution < 1.29 is 4.79 Å². The van der Waals surface area contributed by atoms with Crippen molar-refractivity contribution in [3.05, 3.63) is 64.3 Å². The quantitative estimate of drug-likeness (QED) is 0.579. The Balaban J connectivity index is 1.41. The highest BCUT2D eigenvalue weighted by molar-refractivity contribution is 6.31. The molecule has 1 aliphatic heterocycles. The Morgan fingerprint density at radius 3 is 2.50 bits per heavy atom. The smallest absolute Gasteiger partial charge is 0.268 e. The summed E-state index contributed by atoms with van der Waals surface area (Å²) in [5.41, 5.74) is 5.38. The van der Waals surface area contributed by atoms with Gasteiger partial charge in [0, 0.05) is 48.3 Å². The van der Waals surface area contributed by atoms with Gasteiger partial charge in [0.25, 0.3) is 5.91 Å². The van der Waals surface area contributed by atoms with Gasteiger partial charge in [0.1, 0.15) is 5.69 Å². The third-order valence-corrected chi connectivity index (χ3v) is 6.43. The number of benzene rings is 2. The van der Waals surface area contributed by atoms with Gasteiger partial charge in [0.2, 0.25) is 0 Å². The Kier molecular flexibility index (Phi) is 6.33. The fourth-order valence-electron chi connectivity index (χ4n) is 4.57. The van der Waals surface area contributed by atoms with Crippen molar-refractivity contribution in [2.75, 3.05) is 24.5 Å². The van der Waals surface area contributed by atoms with Gasteiger partial charge in [-0.05, 0) is 73.6 Å². The van der Waals surface area contributed by atoms with Gasteiger partial charge in [0.15, 0.2) is 0 Å². The van der Waals surface area contributed by atoms with Crippen LogP contribution in [-0.2, 0) is 19.9 Å². The first-order chi connectivity index (χ1) is 14.6. The average Bonchev–Trinajstić information content (AvgIpc) is 3.05. The van der Waals surface area contributed by atoms with E-state index in [0.717, 1.165) is 48.1 Å². The number of carbonyl (C=O) groups excluding carboxylic acids is 1. The second-order valence-corrected chi connectivity index (χ2v) is 8.56. The fourth-order valence-corrected chi connectivity index (χ4v) is 4.74. The zero-order chi connectivity index (χ0) is 21.1. The molecule has 1 aliphatic rings. The number of hydrogen-bond acceptors (Lipinski definition) is 2. The average molecular weight is 424 g/mol. The second kappa shape index (κ2) is 9.13. The molecule has 1 aromatic heterocycles. The molecule has 2 heterocycles. The molecule has 0 unspecified atom stereocenters. The summed E-state index contributed by atoms with van der Waals surface area (Å²) in [5, 5.41) is 4.87. The van der Waals surface area contributed by atoms with E-state index in [9.17, 15) is 4.79 Å². The van der Waals surface area contributed by atoms with Crippen LogP contribution in [0.5, 0.6) is 0 Å². The molecule has 1 saturated heterocycles. The van der Waals surface area contributed by atoms with E-state index in [1.807, 2.05) is 29.8 Å². The van der Waals surface area contributed by atoms with Crippen molar-refractivity contribution in [2.45, 2.75) is 39.0 Å². The van der Waals surface area contributed by atoms with Crippen molar-refractivity contribution in [2.24, 2.45) is 7.05 Å². The summed E-state index contributed by atoms with van der Waals surface area (Å²) in [5.74, 6) is -0.0217. The first-order valence-corrected chi connectivity index (χ1v) is 11.3. The maximum Gasteiger partial charge on any atom is 0.268 e. The van der Waals surface area contributed by atoms with Crippen LogP contribution in [-0.4, -0.2) is 30.1 Å². The summed E-state index contributed by atoms with van der Waals surface area (Å²) in [6, 6.07) is 14.6. The van der Waals surface area contributed by atoms with Gasteiger partial charge in [0.05, 0.1) is 0 Å². The van der Waals surface area contributed by atoms with E-state index in [1.54, 1.807) is 0 Å². The molecular formula is C25H30ClN3O. The van der Waals surface area contributed by atoms with Crippen molar-refractivity contribution in [1.82, 2.24) is 9.88 Å². The van der Waals surface area contributed by atoms with Gasteiger partial charge in [-0.15, -0.1) is 0 Å². The number of nitrogens with zero attached hydrogens (tertiary/aromatic N) is 2. The van der Waals surface area contributed by atoms with Crippen LogP contribution >= 0.6 is 11.6 Å². The lowest BCUT2D eigenvalue weighted by Crippen LogP contribution is -2.29. The van der Waals surface area contributed by atoms with Gasteiger partial charge in [-0.2, -0.15) is 0 Å². The zero-order valence-electron chi connectivity index (χ0n) is 17.9. The minimum absolute atomic E-state index is 0.0217. The van der Waals surface area contributed by atoms with Gasteiger partial charge in [-0.3, -0.25) is 4.79 Å². The van der Waals surface area contributed by atoms with Crippen LogP contribution in [0.4, 0.5) is 5.69 Å².